The van der Waals surface area contributed by atoms with Gasteiger partial charge in [0, 0.05) is 12.2 Å². The quantitative estimate of drug-likeness (QED) is 0.821. The highest BCUT2D eigenvalue weighted by atomic mass is 32.1. The van der Waals surface area contributed by atoms with Gasteiger partial charge in [-0.05, 0) is 46.9 Å². The monoisotopic (exact) mass is 231 g/mol. The molecule has 0 amide bonds. The van der Waals surface area contributed by atoms with Gasteiger partial charge in [-0.3, -0.25) is 0 Å². The minimum absolute atomic E-state index is 1.01. The number of aryl methyl sites for hydroxylation is 1. The number of thiophene rings is 1. The summed E-state index contributed by atoms with van der Waals surface area (Å²) in [5, 5.41) is 7.86. The fraction of sp³-hybridized carbons (Fsp3) is 0.286. The summed E-state index contributed by atoms with van der Waals surface area (Å²) in [4.78, 5) is 0. The van der Waals surface area contributed by atoms with Gasteiger partial charge in [0.25, 0.3) is 0 Å². The molecule has 1 nitrogen and oxygen atoms in total. The van der Waals surface area contributed by atoms with E-state index in [9.17, 15) is 0 Å². The Hall–Kier alpha value is -1.28. The summed E-state index contributed by atoms with van der Waals surface area (Å²) in [6, 6.07) is 10.7. The lowest BCUT2D eigenvalue weighted by Crippen LogP contribution is -2.06. The number of hydrogen-bond acceptors (Lipinski definition) is 2. The fourth-order valence-electron chi connectivity index (χ4n) is 1.78. The van der Waals surface area contributed by atoms with Crippen molar-refractivity contribution < 1.29 is 0 Å². The van der Waals surface area contributed by atoms with E-state index < -0.39 is 0 Å². The zero-order valence-electron chi connectivity index (χ0n) is 9.57. The maximum Gasteiger partial charge on any atom is 0.0372 e. The molecule has 1 N–H and O–H groups in total. The van der Waals surface area contributed by atoms with E-state index in [0.717, 1.165) is 19.4 Å². The summed E-state index contributed by atoms with van der Waals surface area (Å²) in [5.74, 6) is 0. The van der Waals surface area contributed by atoms with Crippen LogP contribution in [0.4, 0.5) is 5.69 Å². The molecule has 0 spiro atoms. The van der Waals surface area contributed by atoms with Crippen LogP contribution in [0.2, 0.25) is 0 Å². The Morgan fingerprint density at radius 3 is 2.81 bits per heavy atom. The van der Waals surface area contributed by atoms with Gasteiger partial charge in [-0.1, -0.05) is 25.1 Å². The van der Waals surface area contributed by atoms with Gasteiger partial charge >= 0.3 is 0 Å². The molecule has 0 aliphatic rings. The Kier molecular flexibility index (Phi) is 4.00. The molecule has 0 fully saturated rings. The van der Waals surface area contributed by atoms with Crippen molar-refractivity contribution in [2.24, 2.45) is 0 Å². The lowest BCUT2D eigenvalue weighted by atomic mass is 10.1. The van der Waals surface area contributed by atoms with Crippen molar-refractivity contribution in [3.8, 4) is 0 Å². The SMILES string of the molecule is CCc1ccccc1NCCc1ccsc1. The average Bonchev–Trinajstić information content (AvgIpc) is 2.83. The van der Waals surface area contributed by atoms with Gasteiger partial charge in [0.2, 0.25) is 0 Å². The first-order valence-corrected chi connectivity index (χ1v) is 6.67. The van der Waals surface area contributed by atoms with Crippen molar-refractivity contribution in [1.29, 1.82) is 0 Å². The molecule has 1 aromatic carbocycles. The Labute approximate surface area is 101 Å². The second kappa shape index (κ2) is 5.71. The van der Waals surface area contributed by atoms with Crippen molar-refractivity contribution in [2.45, 2.75) is 19.8 Å². The van der Waals surface area contributed by atoms with Crippen LogP contribution in [-0.4, -0.2) is 6.54 Å². The number of benzene rings is 1. The van der Waals surface area contributed by atoms with Crippen LogP contribution in [0.25, 0.3) is 0 Å². The predicted molar refractivity (Wildman–Crippen MR) is 72.3 cm³/mol. The Morgan fingerprint density at radius 2 is 2.06 bits per heavy atom. The van der Waals surface area contributed by atoms with Crippen LogP contribution >= 0.6 is 11.3 Å². The number of rotatable bonds is 5. The lowest BCUT2D eigenvalue weighted by Gasteiger charge is -2.10. The van der Waals surface area contributed by atoms with Crippen LogP contribution in [0.3, 0.4) is 0 Å². The number of nitrogens with one attached hydrogen (secondary N) is 1. The summed E-state index contributed by atoms with van der Waals surface area (Å²) in [6.07, 6.45) is 2.18. The Bertz CT molecular complexity index is 420. The van der Waals surface area contributed by atoms with Crippen molar-refractivity contribution >= 4 is 17.0 Å². The van der Waals surface area contributed by atoms with E-state index in [4.69, 9.17) is 0 Å². The third kappa shape index (κ3) is 2.86. The van der Waals surface area contributed by atoms with Gasteiger partial charge in [-0.25, -0.2) is 0 Å². The standard InChI is InChI=1S/C14H17NS/c1-2-13-5-3-4-6-14(13)15-9-7-12-8-10-16-11-12/h3-6,8,10-11,15H,2,7,9H2,1H3. The molecular weight excluding hydrogens is 214 g/mol. The molecule has 0 saturated carbocycles. The minimum atomic E-state index is 1.01. The molecule has 0 aliphatic carbocycles. The molecule has 2 rings (SSSR count). The highest BCUT2D eigenvalue weighted by Gasteiger charge is 1.98. The lowest BCUT2D eigenvalue weighted by molar-refractivity contribution is 1.01. The van der Waals surface area contributed by atoms with E-state index in [1.54, 1.807) is 11.3 Å². The highest BCUT2D eigenvalue weighted by Crippen LogP contribution is 2.15. The number of hydrogen-bond donors (Lipinski definition) is 1. The molecule has 0 radical (unpaired) electrons. The van der Waals surface area contributed by atoms with Gasteiger partial charge in [0.05, 0.1) is 0 Å². The van der Waals surface area contributed by atoms with Crippen molar-refractivity contribution in [3.05, 3.63) is 52.2 Å². The molecular formula is C14H17NS. The zero-order chi connectivity index (χ0) is 11.2. The molecule has 0 saturated heterocycles. The fourth-order valence-corrected chi connectivity index (χ4v) is 2.48. The molecule has 1 heterocycles. The molecule has 16 heavy (non-hydrogen) atoms. The summed E-state index contributed by atoms with van der Waals surface area (Å²) in [6.45, 7) is 3.20. The normalized spacial score (nSPS) is 10.3. The van der Waals surface area contributed by atoms with Crippen molar-refractivity contribution in [1.82, 2.24) is 0 Å². The Morgan fingerprint density at radius 1 is 1.19 bits per heavy atom. The largest absolute Gasteiger partial charge is 0.384 e. The maximum absolute atomic E-state index is 3.51. The first-order valence-electron chi connectivity index (χ1n) is 5.73. The third-order valence-corrected chi connectivity index (χ3v) is 3.44. The van der Waals surface area contributed by atoms with Crippen LogP contribution in [0.5, 0.6) is 0 Å². The van der Waals surface area contributed by atoms with E-state index in [1.165, 1.54) is 16.8 Å². The van der Waals surface area contributed by atoms with Gasteiger partial charge in [0.1, 0.15) is 0 Å². The first-order chi connectivity index (χ1) is 7.90. The van der Waals surface area contributed by atoms with Crippen LogP contribution in [-0.2, 0) is 12.8 Å². The molecule has 0 aliphatic heterocycles. The molecule has 0 atom stereocenters. The summed E-state index contributed by atoms with van der Waals surface area (Å²) in [5.41, 5.74) is 4.10. The second-order valence-electron chi connectivity index (χ2n) is 3.82. The highest BCUT2D eigenvalue weighted by molar-refractivity contribution is 7.07. The summed E-state index contributed by atoms with van der Waals surface area (Å²) >= 11 is 1.77. The van der Waals surface area contributed by atoms with Gasteiger partial charge in [-0.15, -0.1) is 0 Å². The minimum Gasteiger partial charge on any atom is -0.384 e. The molecule has 1 aromatic heterocycles. The van der Waals surface area contributed by atoms with Crippen molar-refractivity contribution in [2.75, 3.05) is 11.9 Å². The number of para-hydroxylation sites is 1. The predicted octanol–water partition coefficient (Wildman–Crippen LogP) is 3.97. The number of anilines is 1. The van der Waals surface area contributed by atoms with Crippen LogP contribution in [0.15, 0.2) is 41.1 Å². The zero-order valence-corrected chi connectivity index (χ0v) is 10.4. The Balaban J connectivity index is 1.89. The molecule has 0 unspecified atom stereocenters. The van der Waals surface area contributed by atoms with E-state index in [0.29, 0.717) is 0 Å². The summed E-state index contributed by atoms with van der Waals surface area (Å²) < 4.78 is 0. The van der Waals surface area contributed by atoms with Crippen LogP contribution in [0, 0.1) is 0 Å². The molecule has 2 heteroatoms. The van der Waals surface area contributed by atoms with Crippen LogP contribution in [0.1, 0.15) is 18.1 Å². The van der Waals surface area contributed by atoms with Gasteiger partial charge < -0.3 is 5.32 Å². The second-order valence-corrected chi connectivity index (χ2v) is 4.60. The summed E-state index contributed by atoms with van der Waals surface area (Å²) in [7, 11) is 0. The van der Waals surface area contributed by atoms with E-state index in [1.807, 2.05) is 0 Å². The smallest absolute Gasteiger partial charge is 0.0372 e. The van der Waals surface area contributed by atoms with Gasteiger partial charge in [0.15, 0.2) is 0 Å². The third-order valence-electron chi connectivity index (χ3n) is 2.71. The van der Waals surface area contributed by atoms with Gasteiger partial charge in [-0.2, -0.15) is 11.3 Å². The molecule has 84 valence electrons. The topological polar surface area (TPSA) is 12.0 Å². The molecule has 2 aromatic rings. The average molecular weight is 231 g/mol. The van der Waals surface area contributed by atoms with Crippen molar-refractivity contribution in [3.63, 3.8) is 0 Å². The van der Waals surface area contributed by atoms with E-state index >= 15 is 0 Å². The molecule has 0 bridgehead atoms. The maximum atomic E-state index is 3.51. The van der Waals surface area contributed by atoms with E-state index in [-0.39, 0.29) is 0 Å². The van der Waals surface area contributed by atoms with E-state index in [2.05, 4.69) is 53.3 Å². The first kappa shape index (κ1) is 11.2. The van der Waals surface area contributed by atoms with Crippen LogP contribution < -0.4 is 5.32 Å².